The summed E-state index contributed by atoms with van der Waals surface area (Å²) in [6, 6.07) is 8.94. The van der Waals surface area contributed by atoms with Gasteiger partial charge in [-0.1, -0.05) is 18.2 Å². The standard InChI is InChI=1S/C23H29NO6/c1-24(2)11-12-29-19-13-16-20(27-3)14-30-22(21(16)23(19)28-4)18(26)10-9-15-7-5-6-8-17(15)25/h5-8,13-14,18,25-26H,9-12H2,1-4H3. The summed E-state index contributed by atoms with van der Waals surface area (Å²) in [5.41, 5.74) is 2.14. The van der Waals surface area contributed by atoms with Gasteiger partial charge in [0.2, 0.25) is 0 Å². The molecule has 1 aromatic carbocycles. The smallest absolute Gasteiger partial charge is 0.172 e. The molecule has 1 atom stereocenters. The van der Waals surface area contributed by atoms with Crippen molar-refractivity contribution in [1.29, 1.82) is 0 Å². The zero-order valence-corrected chi connectivity index (χ0v) is 17.8. The minimum Gasteiger partial charge on any atom is -0.508 e. The van der Waals surface area contributed by atoms with Gasteiger partial charge in [-0.05, 0) is 44.6 Å². The number of methoxy groups -OCH3 is 2. The van der Waals surface area contributed by atoms with Crippen LogP contribution in [0, 0.1) is 0 Å². The molecule has 0 amide bonds. The Morgan fingerprint density at radius 3 is 2.53 bits per heavy atom. The van der Waals surface area contributed by atoms with Crippen LogP contribution in [0.5, 0.6) is 23.0 Å². The van der Waals surface area contributed by atoms with Crippen molar-refractivity contribution >= 4 is 0 Å². The van der Waals surface area contributed by atoms with E-state index in [1.54, 1.807) is 26.4 Å². The molecule has 0 fully saturated rings. The van der Waals surface area contributed by atoms with Crippen molar-refractivity contribution in [2.75, 3.05) is 41.5 Å². The van der Waals surface area contributed by atoms with E-state index >= 15 is 0 Å². The highest BCUT2D eigenvalue weighted by atomic mass is 16.5. The summed E-state index contributed by atoms with van der Waals surface area (Å²) in [4.78, 5) is 2.03. The number of hydrogen-bond acceptors (Lipinski definition) is 7. The summed E-state index contributed by atoms with van der Waals surface area (Å²) < 4.78 is 22.7. The predicted octanol–water partition coefficient (Wildman–Crippen LogP) is 3.71. The second-order valence-corrected chi connectivity index (χ2v) is 7.33. The van der Waals surface area contributed by atoms with Crippen molar-refractivity contribution in [2.24, 2.45) is 0 Å². The first kappa shape index (κ1) is 21.8. The number of aryl methyl sites for hydroxylation is 1. The molecule has 2 aliphatic rings. The van der Waals surface area contributed by atoms with Gasteiger partial charge in [-0.2, -0.15) is 0 Å². The topological polar surface area (TPSA) is 84.5 Å². The molecule has 0 bridgehead atoms. The number of benzene rings is 1. The first-order chi connectivity index (χ1) is 14.5. The Kier molecular flexibility index (Phi) is 7.07. The summed E-state index contributed by atoms with van der Waals surface area (Å²) in [7, 11) is 7.07. The van der Waals surface area contributed by atoms with Gasteiger partial charge < -0.3 is 33.7 Å². The number of aliphatic hydroxyl groups is 1. The van der Waals surface area contributed by atoms with Crippen LogP contribution in [0.1, 0.15) is 23.8 Å². The summed E-state index contributed by atoms with van der Waals surface area (Å²) in [5, 5.41) is 20.9. The number of rotatable bonds is 10. The molecular formula is C23H29NO6. The molecule has 1 aromatic rings. The SMILES string of the molecule is COc1coc(C(O)CCc2ccccc2O)c2c(OC)c(OCCN(C)C)cc1-2. The molecule has 7 nitrogen and oxygen atoms in total. The summed E-state index contributed by atoms with van der Waals surface area (Å²) in [6.07, 6.45) is 1.44. The number of hydrogen-bond donors (Lipinski definition) is 2. The molecular weight excluding hydrogens is 386 g/mol. The summed E-state index contributed by atoms with van der Waals surface area (Å²) in [6.45, 7) is 1.24. The number of likely N-dealkylation sites (N-methyl/N-ethyl adjacent to an activating group) is 1. The van der Waals surface area contributed by atoms with Gasteiger partial charge in [0.25, 0.3) is 0 Å². The van der Waals surface area contributed by atoms with E-state index in [0.717, 1.165) is 17.7 Å². The van der Waals surface area contributed by atoms with Gasteiger partial charge in [-0.15, -0.1) is 0 Å². The molecule has 3 rings (SSSR count). The van der Waals surface area contributed by atoms with Crippen LogP contribution in [0.2, 0.25) is 0 Å². The maximum atomic E-state index is 10.9. The lowest BCUT2D eigenvalue weighted by Crippen LogP contribution is -2.19. The van der Waals surface area contributed by atoms with E-state index in [2.05, 4.69) is 0 Å². The highest BCUT2D eigenvalue weighted by Gasteiger charge is 2.30. The summed E-state index contributed by atoms with van der Waals surface area (Å²) in [5.74, 6) is 2.19. The maximum absolute atomic E-state index is 10.9. The van der Waals surface area contributed by atoms with E-state index in [4.69, 9.17) is 18.6 Å². The molecule has 1 aliphatic carbocycles. The van der Waals surface area contributed by atoms with Crippen LogP contribution in [-0.4, -0.2) is 56.6 Å². The Hall–Kier alpha value is -2.90. The molecule has 2 N–H and O–H groups in total. The van der Waals surface area contributed by atoms with Crippen molar-refractivity contribution < 1.29 is 28.8 Å². The van der Waals surface area contributed by atoms with Crippen molar-refractivity contribution in [3.63, 3.8) is 0 Å². The molecule has 162 valence electrons. The zero-order chi connectivity index (χ0) is 21.7. The number of fused-ring (bicyclic) bond motifs is 1. The van der Waals surface area contributed by atoms with Crippen molar-refractivity contribution in [2.45, 2.75) is 18.9 Å². The second-order valence-electron chi connectivity index (χ2n) is 7.33. The maximum Gasteiger partial charge on any atom is 0.172 e. The number of ether oxygens (including phenoxy) is 3. The van der Waals surface area contributed by atoms with Crippen LogP contribution >= 0.6 is 0 Å². The zero-order valence-electron chi connectivity index (χ0n) is 17.8. The lowest BCUT2D eigenvalue weighted by molar-refractivity contribution is 0.138. The number of aromatic hydroxyl groups is 1. The fourth-order valence-electron chi connectivity index (χ4n) is 3.39. The molecule has 0 radical (unpaired) electrons. The minimum atomic E-state index is -0.899. The van der Waals surface area contributed by atoms with Gasteiger partial charge in [0, 0.05) is 12.1 Å². The third-order valence-corrected chi connectivity index (χ3v) is 5.00. The Labute approximate surface area is 176 Å². The third-order valence-electron chi connectivity index (χ3n) is 5.00. The van der Waals surface area contributed by atoms with Gasteiger partial charge in [0.1, 0.15) is 30.5 Å². The average molecular weight is 415 g/mol. The average Bonchev–Trinajstić information content (AvgIpc) is 3.10. The first-order valence-corrected chi connectivity index (χ1v) is 9.84. The van der Waals surface area contributed by atoms with E-state index in [1.807, 2.05) is 37.2 Å². The van der Waals surface area contributed by atoms with Gasteiger partial charge in [-0.25, -0.2) is 0 Å². The largest absolute Gasteiger partial charge is 0.508 e. The van der Waals surface area contributed by atoms with Gasteiger partial charge in [0.05, 0.1) is 19.8 Å². The summed E-state index contributed by atoms with van der Waals surface area (Å²) >= 11 is 0. The molecule has 1 unspecified atom stereocenters. The lowest BCUT2D eigenvalue weighted by atomic mass is 10.00. The van der Waals surface area contributed by atoms with Crippen LogP contribution in [0.4, 0.5) is 0 Å². The molecule has 30 heavy (non-hydrogen) atoms. The van der Waals surface area contributed by atoms with Crippen LogP contribution in [0.3, 0.4) is 0 Å². The molecule has 0 aromatic heterocycles. The van der Waals surface area contributed by atoms with Gasteiger partial charge in [-0.3, -0.25) is 0 Å². The minimum absolute atomic E-state index is 0.212. The van der Waals surface area contributed by atoms with Crippen LogP contribution in [0.25, 0.3) is 11.1 Å². The highest BCUT2D eigenvalue weighted by Crippen LogP contribution is 2.51. The Morgan fingerprint density at radius 2 is 1.87 bits per heavy atom. The Balaban J connectivity index is 1.91. The predicted molar refractivity (Wildman–Crippen MR) is 114 cm³/mol. The third kappa shape index (κ3) is 4.63. The Bertz CT molecular complexity index is 936. The normalized spacial score (nSPS) is 12.3. The van der Waals surface area contributed by atoms with E-state index < -0.39 is 6.10 Å². The molecule has 1 aliphatic heterocycles. The number of para-hydroxylation sites is 1. The second kappa shape index (κ2) is 9.73. The molecule has 0 saturated heterocycles. The van der Waals surface area contributed by atoms with Gasteiger partial charge >= 0.3 is 0 Å². The van der Waals surface area contributed by atoms with E-state index in [0.29, 0.717) is 48.0 Å². The number of nitrogens with zero attached hydrogens (tertiary/aromatic N) is 1. The Morgan fingerprint density at radius 1 is 1.10 bits per heavy atom. The van der Waals surface area contributed by atoms with Crippen LogP contribution in [0.15, 0.2) is 41.0 Å². The molecule has 7 heteroatoms. The quantitative estimate of drug-likeness (QED) is 0.522. The van der Waals surface area contributed by atoms with Crippen molar-refractivity contribution in [3.05, 3.63) is 47.9 Å². The highest BCUT2D eigenvalue weighted by molar-refractivity contribution is 5.85. The van der Waals surface area contributed by atoms with Crippen molar-refractivity contribution in [1.82, 2.24) is 4.90 Å². The van der Waals surface area contributed by atoms with Crippen LogP contribution < -0.4 is 14.2 Å². The fourth-order valence-corrected chi connectivity index (χ4v) is 3.39. The van der Waals surface area contributed by atoms with E-state index in [9.17, 15) is 10.2 Å². The molecule has 0 saturated carbocycles. The first-order valence-electron chi connectivity index (χ1n) is 9.84. The number of phenols is 1. The monoisotopic (exact) mass is 415 g/mol. The van der Waals surface area contributed by atoms with Gasteiger partial charge in [0.15, 0.2) is 17.2 Å². The molecule has 0 spiro atoms. The van der Waals surface area contributed by atoms with E-state index in [-0.39, 0.29) is 5.75 Å². The van der Waals surface area contributed by atoms with Crippen molar-refractivity contribution in [3.8, 4) is 34.1 Å². The van der Waals surface area contributed by atoms with E-state index in [1.165, 1.54) is 6.26 Å². The molecule has 1 heterocycles. The lowest BCUT2D eigenvalue weighted by Gasteiger charge is -2.17. The van der Waals surface area contributed by atoms with Crippen LogP contribution in [-0.2, 0) is 6.42 Å². The number of aliphatic hydroxyl groups excluding tert-OH is 1. The fraction of sp³-hybridized carbons (Fsp3) is 0.391. The number of phenolic OH excluding ortho intramolecular Hbond substituents is 1.